The quantitative estimate of drug-likeness (QED) is 0.756. The fourth-order valence-electron chi connectivity index (χ4n) is 3.16. The molecule has 0 amide bonds. The summed E-state index contributed by atoms with van der Waals surface area (Å²) >= 11 is 0. The second kappa shape index (κ2) is 4.22. The molecule has 20 heavy (non-hydrogen) atoms. The van der Waals surface area contributed by atoms with Crippen molar-refractivity contribution in [2.45, 2.75) is 25.3 Å². The van der Waals surface area contributed by atoms with Crippen molar-refractivity contribution in [2.75, 3.05) is 0 Å². The molecular formula is C18H17NO. The van der Waals surface area contributed by atoms with Gasteiger partial charge in [0.05, 0.1) is 6.04 Å². The van der Waals surface area contributed by atoms with E-state index in [0.717, 1.165) is 23.2 Å². The molecule has 1 heterocycles. The van der Waals surface area contributed by atoms with Gasteiger partial charge in [-0.15, -0.1) is 0 Å². The molecule has 2 heteroatoms. The topological polar surface area (TPSA) is 39.2 Å². The predicted molar refractivity (Wildman–Crippen MR) is 80.8 cm³/mol. The minimum atomic E-state index is -0.0578. The summed E-state index contributed by atoms with van der Waals surface area (Å²) < 4.78 is 5.93. The molecule has 3 aromatic rings. The Balaban J connectivity index is 1.70. The zero-order chi connectivity index (χ0) is 13.7. The van der Waals surface area contributed by atoms with Gasteiger partial charge in [0.1, 0.15) is 11.3 Å². The Labute approximate surface area is 118 Å². The van der Waals surface area contributed by atoms with Crippen LogP contribution < -0.4 is 5.73 Å². The van der Waals surface area contributed by atoms with Gasteiger partial charge in [0.15, 0.2) is 0 Å². The van der Waals surface area contributed by atoms with Crippen molar-refractivity contribution >= 4 is 11.0 Å². The average Bonchev–Trinajstić information content (AvgIpc) is 2.83. The maximum absolute atomic E-state index is 6.42. The Morgan fingerprint density at radius 1 is 1.15 bits per heavy atom. The Hall–Kier alpha value is -2.06. The summed E-state index contributed by atoms with van der Waals surface area (Å²) in [6.45, 7) is 2.09. The SMILES string of the molecule is Cc1ccc2oc(C(N)C3Cc4ccccc43)cc2c1. The monoisotopic (exact) mass is 263 g/mol. The van der Waals surface area contributed by atoms with E-state index in [0.29, 0.717) is 5.92 Å². The molecule has 1 aliphatic rings. The molecule has 2 atom stereocenters. The van der Waals surface area contributed by atoms with Crippen molar-refractivity contribution in [3.05, 3.63) is 71.0 Å². The van der Waals surface area contributed by atoms with Gasteiger partial charge >= 0.3 is 0 Å². The van der Waals surface area contributed by atoms with E-state index in [4.69, 9.17) is 10.2 Å². The van der Waals surface area contributed by atoms with E-state index in [2.05, 4.69) is 49.4 Å². The van der Waals surface area contributed by atoms with Crippen LogP contribution in [-0.4, -0.2) is 0 Å². The molecule has 2 aromatic carbocycles. The lowest BCUT2D eigenvalue weighted by Gasteiger charge is -2.33. The van der Waals surface area contributed by atoms with Gasteiger partial charge in [-0.3, -0.25) is 0 Å². The third-order valence-corrected chi connectivity index (χ3v) is 4.35. The lowest BCUT2D eigenvalue weighted by Crippen LogP contribution is -2.28. The van der Waals surface area contributed by atoms with Crippen LogP contribution in [0, 0.1) is 6.92 Å². The normalized spacial score (nSPS) is 18.6. The number of fused-ring (bicyclic) bond motifs is 2. The summed E-state index contributed by atoms with van der Waals surface area (Å²) in [6, 6.07) is 16.8. The van der Waals surface area contributed by atoms with Gasteiger partial charge in [-0.2, -0.15) is 0 Å². The molecule has 2 unspecified atom stereocenters. The van der Waals surface area contributed by atoms with Gasteiger partial charge in [-0.25, -0.2) is 0 Å². The van der Waals surface area contributed by atoms with Crippen LogP contribution >= 0.6 is 0 Å². The van der Waals surface area contributed by atoms with Crippen LogP contribution in [0.4, 0.5) is 0 Å². The number of hydrogen-bond acceptors (Lipinski definition) is 2. The van der Waals surface area contributed by atoms with E-state index >= 15 is 0 Å². The summed E-state index contributed by atoms with van der Waals surface area (Å²) in [7, 11) is 0. The van der Waals surface area contributed by atoms with Crippen LogP contribution in [0.1, 0.15) is 34.4 Å². The van der Waals surface area contributed by atoms with E-state index in [9.17, 15) is 0 Å². The first-order valence-corrected chi connectivity index (χ1v) is 7.06. The zero-order valence-electron chi connectivity index (χ0n) is 11.5. The van der Waals surface area contributed by atoms with Crippen molar-refractivity contribution in [3.8, 4) is 0 Å². The first-order chi connectivity index (χ1) is 9.72. The molecular weight excluding hydrogens is 246 g/mol. The number of benzene rings is 2. The molecule has 0 saturated heterocycles. The second-order valence-corrected chi connectivity index (χ2v) is 5.73. The van der Waals surface area contributed by atoms with Crippen LogP contribution in [0.2, 0.25) is 0 Å². The van der Waals surface area contributed by atoms with Gasteiger partial charge in [0.2, 0.25) is 0 Å². The van der Waals surface area contributed by atoms with Crippen molar-refractivity contribution in [1.29, 1.82) is 0 Å². The van der Waals surface area contributed by atoms with Crippen LogP contribution in [0.5, 0.6) is 0 Å². The molecule has 0 saturated carbocycles. The highest BCUT2D eigenvalue weighted by atomic mass is 16.3. The number of nitrogens with two attached hydrogens (primary N) is 1. The Morgan fingerprint density at radius 2 is 2.00 bits per heavy atom. The second-order valence-electron chi connectivity index (χ2n) is 5.73. The van der Waals surface area contributed by atoms with Crippen molar-refractivity contribution in [2.24, 2.45) is 5.73 Å². The first-order valence-electron chi connectivity index (χ1n) is 7.06. The Bertz CT molecular complexity index is 787. The van der Waals surface area contributed by atoms with Crippen LogP contribution in [-0.2, 0) is 6.42 Å². The Kier molecular flexibility index (Phi) is 2.48. The van der Waals surface area contributed by atoms with Crippen LogP contribution in [0.3, 0.4) is 0 Å². The third-order valence-electron chi connectivity index (χ3n) is 4.35. The van der Waals surface area contributed by atoms with E-state index in [1.165, 1.54) is 16.7 Å². The number of rotatable bonds is 2. The zero-order valence-corrected chi connectivity index (χ0v) is 11.5. The van der Waals surface area contributed by atoms with Gasteiger partial charge < -0.3 is 10.2 Å². The highest BCUT2D eigenvalue weighted by molar-refractivity contribution is 5.78. The third kappa shape index (κ3) is 1.69. The van der Waals surface area contributed by atoms with E-state index in [1.807, 2.05) is 6.07 Å². The molecule has 2 nitrogen and oxygen atoms in total. The lowest BCUT2D eigenvalue weighted by molar-refractivity contribution is 0.417. The number of aryl methyl sites for hydroxylation is 1. The van der Waals surface area contributed by atoms with Gasteiger partial charge in [0.25, 0.3) is 0 Å². The van der Waals surface area contributed by atoms with Gasteiger partial charge in [-0.1, -0.05) is 35.9 Å². The number of furan rings is 1. The summed E-state index contributed by atoms with van der Waals surface area (Å²) in [4.78, 5) is 0. The molecule has 0 spiro atoms. The van der Waals surface area contributed by atoms with Crippen LogP contribution in [0.25, 0.3) is 11.0 Å². The van der Waals surface area contributed by atoms with E-state index < -0.39 is 0 Å². The molecule has 4 rings (SSSR count). The summed E-state index contributed by atoms with van der Waals surface area (Å²) in [6.07, 6.45) is 1.05. The van der Waals surface area contributed by atoms with Crippen molar-refractivity contribution in [1.82, 2.24) is 0 Å². The molecule has 0 aliphatic heterocycles. The average molecular weight is 263 g/mol. The van der Waals surface area contributed by atoms with Gasteiger partial charge in [0, 0.05) is 11.3 Å². The minimum absolute atomic E-state index is 0.0578. The maximum Gasteiger partial charge on any atom is 0.134 e. The van der Waals surface area contributed by atoms with E-state index in [1.54, 1.807) is 0 Å². The van der Waals surface area contributed by atoms with Crippen molar-refractivity contribution < 1.29 is 4.42 Å². The fourth-order valence-corrected chi connectivity index (χ4v) is 3.16. The molecule has 0 radical (unpaired) electrons. The van der Waals surface area contributed by atoms with E-state index in [-0.39, 0.29) is 6.04 Å². The fraction of sp³-hybridized carbons (Fsp3) is 0.222. The summed E-state index contributed by atoms with van der Waals surface area (Å²) in [5.41, 5.74) is 11.4. The molecule has 1 aliphatic carbocycles. The highest BCUT2D eigenvalue weighted by Crippen LogP contribution is 2.43. The number of hydrogen-bond donors (Lipinski definition) is 1. The molecule has 0 bridgehead atoms. The van der Waals surface area contributed by atoms with Crippen LogP contribution in [0.15, 0.2) is 52.9 Å². The van der Waals surface area contributed by atoms with Gasteiger partial charge in [-0.05, 0) is 42.7 Å². The molecule has 1 aromatic heterocycles. The molecule has 100 valence electrons. The minimum Gasteiger partial charge on any atom is -0.459 e. The largest absolute Gasteiger partial charge is 0.459 e. The maximum atomic E-state index is 6.42. The lowest BCUT2D eigenvalue weighted by atomic mass is 9.73. The highest BCUT2D eigenvalue weighted by Gasteiger charge is 2.33. The first kappa shape index (κ1) is 11.7. The molecule has 0 fully saturated rings. The molecule has 2 N–H and O–H groups in total. The summed E-state index contributed by atoms with van der Waals surface area (Å²) in [5, 5.41) is 1.14. The standard InChI is InChI=1S/C18H17NO/c1-11-6-7-16-13(8-11)10-17(20-16)18(19)15-9-12-4-2-3-5-14(12)15/h2-8,10,15,18H,9,19H2,1H3. The Morgan fingerprint density at radius 3 is 2.85 bits per heavy atom. The van der Waals surface area contributed by atoms with Crippen molar-refractivity contribution in [3.63, 3.8) is 0 Å². The summed E-state index contributed by atoms with van der Waals surface area (Å²) in [5.74, 6) is 1.28. The predicted octanol–water partition coefficient (Wildman–Crippen LogP) is 4.08. The smallest absolute Gasteiger partial charge is 0.134 e.